The van der Waals surface area contributed by atoms with E-state index in [0.29, 0.717) is 26.4 Å². The normalized spacial score (nSPS) is 18.4. The van der Waals surface area contributed by atoms with Crippen LogP contribution in [0.3, 0.4) is 0 Å². The minimum atomic E-state index is -0.519. The van der Waals surface area contributed by atoms with Crippen molar-refractivity contribution >= 4 is 5.91 Å². The third-order valence-electron chi connectivity index (χ3n) is 3.33. The number of carbonyl (C=O) groups excluding carboxylic acids is 1. The van der Waals surface area contributed by atoms with Crippen LogP contribution in [-0.4, -0.2) is 41.8 Å². The average molecular weight is 287 g/mol. The molecule has 21 heavy (non-hydrogen) atoms. The van der Waals surface area contributed by atoms with E-state index in [4.69, 9.17) is 9.47 Å². The molecule has 2 heterocycles. The van der Waals surface area contributed by atoms with Crippen molar-refractivity contribution < 1.29 is 14.3 Å². The molecule has 1 fully saturated rings. The van der Waals surface area contributed by atoms with Crippen LogP contribution in [0.1, 0.15) is 5.56 Å². The lowest BCUT2D eigenvalue weighted by molar-refractivity contribution is -0.147. The number of benzene rings is 1. The Hall–Kier alpha value is -2.18. The number of imidazole rings is 1. The highest BCUT2D eigenvalue weighted by Gasteiger charge is 2.22. The zero-order valence-corrected chi connectivity index (χ0v) is 11.5. The number of nitrogens with zero attached hydrogens (tertiary/aromatic N) is 1. The fourth-order valence-corrected chi connectivity index (χ4v) is 2.25. The summed E-state index contributed by atoms with van der Waals surface area (Å²) < 4.78 is 10.6. The van der Waals surface area contributed by atoms with Crippen molar-refractivity contribution in [3.05, 3.63) is 42.2 Å². The van der Waals surface area contributed by atoms with Crippen LogP contribution in [0.25, 0.3) is 11.4 Å². The Bertz CT molecular complexity index is 592. The summed E-state index contributed by atoms with van der Waals surface area (Å²) in [5.74, 6) is 0.640. The Labute approximate surface area is 122 Å². The molecule has 0 radical (unpaired) electrons. The lowest BCUT2D eigenvalue weighted by Gasteiger charge is -2.22. The van der Waals surface area contributed by atoms with Crippen molar-refractivity contribution in [1.29, 1.82) is 0 Å². The molecule has 0 bridgehead atoms. The summed E-state index contributed by atoms with van der Waals surface area (Å²) in [5.41, 5.74) is 1.97. The zero-order chi connectivity index (χ0) is 14.5. The number of hydrogen-bond acceptors (Lipinski definition) is 4. The highest BCUT2D eigenvalue weighted by Crippen LogP contribution is 2.19. The summed E-state index contributed by atoms with van der Waals surface area (Å²) in [4.78, 5) is 19.4. The molecule has 1 aliphatic rings. The third-order valence-corrected chi connectivity index (χ3v) is 3.33. The van der Waals surface area contributed by atoms with Crippen LogP contribution in [0, 0.1) is 0 Å². The van der Waals surface area contributed by atoms with Gasteiger partial charge in [0.1, 0.15) is 5.82 Å². The van der Waals surface area contributed by atoms with E-state index in [1.165, 1.54) is 0 Å². The molecule has 1 saturated heterocycles. The first kappa shape index (κ1) is 13.8. The predicted octanol–water partition coefficient (Wildman–Crippen LogP) is 1.11. The lowest BCUT2D eigenvalue weighted by Crippen LogP contribution is -2.42. The summed E-state index contributed by atoms with van der Waals surface area (Å²) in [6, 6.07) is 7.83. The number of amides is 1. The maximum Gasteiger partial charge on any atom is 0.251 e. The smallest absolute Gasteiger partial charge is 0.251 e. The van der Waals surface area contributed by atoms with Gasteiger partial charge in [0.2, 0.25) is 0 Å². The molecule has 0 aliphatic carbocycles. The molecule has 6 nitrogen and oxygen atoms in total. The Kier molecular flexibility index (Phi) is 4.28. The van der Waals surface area contributed by atoms with Crippen molar-refractivity contribution in [2.24, 2.45) is 0 Å². The maximum absolute atomic E-state index is 12.0. The van der Waals surface area contributed by atoms with Gasteiger partial charge < -0.3 is 19.8 Å². The van der Waals surface area contributed by atoms with Crippen LogP contribution in [0.2, 0.25) is 0 Å². The molecule has 0 saturated carbocycles. The number of aromatic nitrogens is 2. The molecule has 1 aromatic carbocycles. The lowest BCUT2D eigenvalue weighted by atomic mass is 10.1. The number of rotatable bonds is 4. The van der Waals surface area contributed by atoms with Crippen LogP contribution in [0.15, 0.2) is 36.7 Å². The standard InChI is InChI=1S/C15H17N3O3/c19-15(13-10-20-7-8-21-13)18-9-11-3-1-2-4-12(11)14-16-5-6-17-14/h1-6,13H,7-10H2,(H,16,17)(H,18,19). The Balaban J connectivity index is 1.66. The number of carbonyl (C=O) groups is 1. The van der Waals surface area contributed by atoms with Gasteiger partial charge in [-0.05, 0) is 5.56 Å². The van der Waals surface area contributed by atoms with Crippen molar-refractivity contribution in [1.82, 2.24) is 15.3 Å². The van der Waals surface area contributed by atoms with Crippen molar-refractivity contribution in [2.45, 2.75) is 12.6 Å². The summed E-state index contributed by atoms with van der Waals surface area (Å²) in [6.45, 7) is 1.74. The van der Waals surface area contributed by atoms with E-state index >= 15 is 0 Å². The van der Waals surface area contributed by atoms with Gasteiger partial charge in [0.15, 0.2) is 6.10 Å². The van der Waals surface area contributed by atoms with E-state index < -0.39 is 6.10 Å². The zero-order valence-electron chi connectivity index (χ0n) is 11.5. The van der Waals surface area contributed by atoms with Crippen LogP contribution < -0.4 is 5.32 Å². The Morgan fingerprint density at radius 3 is 3.05 bits per heavy atom. The van der Waals surface area contributed by atoms with Gasteiger partial charge >= 0.3 is 0 Å². The van der Waals surface area contributed by atoms with Crippen LogP contribution in [0.5, 0.6) is 0 Å². The fraction of sp³-hybridized carbons (Fsp3) is 0.333. The Morgan fingerprint density at radius 2 is 2.29 bits per heavy atom. The maximum atomic E-state index is 12.0. The molecule has 1 amide bonds. The molecule has 6 heteroatoms. The van der Waals surface area contributed by atoms with Crippen molar-refractivity contribution in [3.8, 4) is 11.4 Å². The van der Waals surface area contributed by atoms with E-state index in [-0.39, 0.29) is 5.91 Å². The van der Waals surface area contributed by atoms with Crippen LogP contribution >= 0.6 is 0 Å². The highest BCUT2D eigenvalue weighted by atomic mass is 16.6. The molecule has 1 unspecified atom stereocenters. The molecule has 0 spiro atoms. The van der Waals surface area contributed by atoms with E-state index in [1.807, 2.05) is 24.3 Å². The molecular weight excluding hydrogens is 270 g/mol. The first-order valence-electron chi connectivity index (χ1n) is 6.89. The molecule has 2 aromatic rings. The molecule has 1 aromatic heterocycles. The van der Waals surface area contributed by atoms with Gasteiger partial charge in [-0.15, -0.1) is 0 Å². The number of ether oxygens (including phenoxy) is 2. The highest BCUT2D eigenvalue weighted by molar-refractivity contribution is 5.81. The fourth-order valence-electron chi connectivity index (χ4n) is 2.25. The summed E-state index contributed by atoms with van der Waals surface area (Å²) >= 11 is 0. The second kappa shape index (κ2) is 6.51. The second-order valence-electron chi connectivity index (χ2n) is 4.75. The molecule has 110 valence electrons. The summed E-state index contributed by atoms with van der Waals surface area (Å²) in [6.07, 6.45) is 2.96. The minimum Gasteiger partial charge on any atom is -0.376 e. The summed E-state index contributed by atoms with van der Waals surface area (Å²) in [7, 11) is 0. The number of hydrogen-bond donors (Lipinski definition) is 2. The summed E-state index contributed by atoms with van der Waals surface area (Å²) in [5, 5.41) is 2.89. The third kappa shape index (κ3) is 3.29. The van der Waals surface area contributed by atoms with Gasteiger partial charge in [0.25, 0.3) is 5.91 Å². The van der Waals surface area contributed by atoms with Gasteiger partial charge in [0, 0.05) is 24.5 Å². The van der Waals surface area contributed by atoms with E-state index in [1.54, 1.807) is 12.4 Å². The molecule has 2 N–H and O–H groups in total. The molecule has 1 aliphatic heterocycles. The van der Waals surface area contributed by atoms with Crippen LogP contribution in [-0.2, 0) is 20.8 Å². The van der Waals surface area contributed by atoms with Crippen molar-refractivity contribution in [3.63, 3.8) is 0 Å². The van der Waals surface area contributed by atoms with Gasteiger partial charge in [-0.25, -0.2) is 4.98 Å². The van der Waals surface area contributed by atoms with Gasteiger partial charge in [-0.1, -0.05) is 24.3 Å². The first-order valence-corrected chi connectivity index (χ1v) is 6.89. The number of aromatic amines is 1. The van der Waals surface area contributed by atoms with Gasteiger partial charge in [-0.2, -0.15) is 0 Å². The Morgan fingerprint density at radius 1 is 1.38 bits per heavy atom. The van der Waals surface area contributed by atoms with Gasteiger partial charge in [0.05, 0.1) is 19.8 Å². The van der Waals surface area contributed by atoms with Crippen molar-refractivity contribution in [2.75, 3.05) is 19.8 Å². The average Bonchev–Trinajstić information content (AvgIpc) is 3.08. The number of H-pyrrole nitrogens is 1. The molecular formula is C15H17N3O3. The van der Waals surface area contributed by atoms with E-state index in [0.717, 1.165) is 17.0 Å². The second-order valence-corrected chi connectivity index (χ2v) is 4.75. The van der Waals surface area contributed by atoms with Crippen LogP contribution in [0.4, 0.5) is 0 Å². The number of nitrogens with one attached hydrogen (secondary N) is 2. The van der Waals surface area contributed by atoms with E-state index in [2.05, 4.69) is 15.3 Å². The monoisotopic (exact) mass is 287 g/mol. The molecule has 1 atom stereocenters. The molecule has 3 rings (SSSR count). The quantitative estimate of drug-likeness (QED) is 0.883. The SMILES string of the molecule is O=C(NCc1ccccc1-c1ncc[nH]1)C1COCCO1. The van der Waals surface area contributed by atoms with Gasteiger partial charge in [-0.3, -0.25) is 4.79 Å². The topological polar surface area (TPSA) is 76.2 Å². The predicted molar refractivity (Wildman–Crippen MR) is 76.4 cm³/mol. The minimum absolute atomic E-state index is 0.149. The van der Waals surface area contributed by atoms with E-state index in [9.17, 15) is 4.79 Å². The largest absolute Gasteiger partial charge is 0.376 e. The first-order chi connectivity index (χ1) is 10.3.